The van der Waals surface area contributed by atoms with Gasteiger partial charge in [-0.25, -0.2) is 4.98 Å². The molecule has 0 fully saturated rings. The van der Waals surface area contributed by atoms with Crippen LogP contribution in [0.4, 0.5) is 24.0 Å². The number of alkyl halides is 3. The number of nitrogens with one attached hydrogen (secondary N) is 2. The van der Waals surface area contributed by atoms with Crippen molar-refractivity contribution >= 4 is 68.6 Å². The van der Waals surface area contributed by atoms with E-state index in [1.54, 1.807) is 12.1 Å². The number of benzene rings is 2. The largest absolute Gasteiger partial charge is 0.434 e. The van der Waals surface area contributed by atoms with Gasteiger partial charge in [-0.3, -0.25) is 0 Å². The van der Waals surface area contributed by atoms with Crippen LogP contribution in [0.1, 0.15) is 16.1 Å². The van der Waals surface area contributed by atoms with E-state index in [0.717, 1.165) is 16.9 Å². The lowest BCUT2D eigenvalue weighted by Gasteiger charge is -2.08. The van der Waals surface area contributed by atoms with Crippen LogP contribution < -0.4 is 10.6 Å². The van der Waals surface area contributed by atoms with Gasteiger partial charge in [-0.2, -0.15) is 13.2 Å². The lowest BCUT2D eigenvalue weighted by Crippen LogP contribution is -2.18. The number of hydrogen-bond donors (Lipinski definition) is 2. The van der Waals surface area contributed by atoms with E-state index in [1.165, 1.54) is 12.1 Å². The molecule has 0 saturated carbocycles. The van der Waals surface area contributed by atoms with Crippen LogP contribution in [0.5, 0.6) is 0 Å². The minimum absolute atomic E-state index is 0.0177. The van der Waals surface area contributed by atoms with Gasteiger partial charge in [-0.05, 0) is 42.8 Å². The van der Waals surface area contributed by atoms with Crippen LogP contribution in [0.25, 0.3) is 0 Å². The van der Waals surface area contributed by atoms with Crippen LogP contribution in [0.3, 0.4) is 0 Å². The van der Waals surface area contributed by atoms with Gasteiger partial charge in [0.25, 0.3) is 0 Å². The van der Waals surface area contributed by atoms with Gasteiger partial charge >= 0.3 is 6.18 Å². The molecule has 0 bridgehead atoms. The molecule has 1 aromatic heterocycles. The SMILES string of the molecule is FC(F)(F)c1nc(Nc2c(Cl)cc(Cl)cc2Cl)sc1CNCCc1ccc(Cl)cc1. The molecule has 11 heteroatoms. The normalized spacial score (nSPS) is 11.7. The van der Waals surface area contributed by atoms with Crippen LogP contribution in [-0.4, -0.2) is 11.5 Å². The number of nitrogens with zero attached hydrogens (tertiary/aromatic N) is 1. The highest BCUT2D eigenvalue weighted by molar-refractivity contribution is 7.15. The van der Waals surface area contributed by atoms with Crippen molar-refractivity contribution in [3.8, 4) is 0 Å². The highest BCUT2D eigenvalue weighted by Crippen LogP contribution is 2.40. The van der Waals surface area contributed by atoms with Crippen LogP contribution in [0, 0.1) is 0 Å². The zero-order valence-electron chi connectivity index (χ0n) is 15.1. The summed E-state index contributed by atoms with van der Waals surface area (Å²) in [6.45, 7) is 0.512. The van der Waals surface area contributed by atoms with Gasteiger partial charge in [0.05, 0.1) is 20.6 Å². The first-order chi connectivity index (χ1) is 14.1. The van der Waals surface area contributed by atoms with Gasteiger partial charge in [0, 0.05) is 16.6 Å². The highest BCUT2D eigenvalue weighted by Gasteiger charge is 2.37. The average Bonchev–Trinajstić information content (AvgIpc) is 3.06. The minimum Gasteiger partial charge on any atom is -0.329 e. The molecule has 3 nitrogen and oxygen atoms in total. The van der Waals surface area contributed by atoms with E-state index >= 15 is 0 Å². The van der Waals surface area contributed by atoms with Crippen LogP contribution in [0.2, 0.25) is 20.1 Å². The predicted molar refractivity (Wildman–Crippen MR) is 119 cm³/mol. The van der Waals surface area contributed by atoms with Crippen molar-refractivity contribution in [1.29, 1.82) is 0 Å². The van der Waals surface area contributed by atoms with Gasteiger partial charge in [0.2, 0.25) is 0 Å². The molecule has 0 radical (unpaired) electrons. The van der Waals surface area contributed by atoms with E-state index < -0.39 is 11.9 Å². The van der Waals surface area contributed by atoms with E-state index in [1.807, 2.05) is 12.1 Å². The molecule has 0 aliphatic heterocycles. The fourth-order valence-corrected chi connectivity index (χ4v) is 4.59. The fourth-order valence-electron chi connectivity index (χ4n) is 2.60. The zero-order chi connectivity index (χ0) is 21.9. The van der Waals surface area contributed by atoms with Crippen molar-refractivity contribution in [1.82, 2.24) is 10.3 Å². The molecule has 0 aliphatic carbocycles. The molecule has 160 valence electrons. The number of halogens is 7. The third kappa shape index (κ3) is 6.15. The molecule has 0 unspecified atom stereocenters. The summed E-state index contributed by atoms with van der Waals surface area (Å²) >= 11 is 24.8. The summed E-state index contributed by atoms with van der Waals surface area (Å²) in [4.78, 5) is 3.76. The maximum Gasteiger partial charge on any atom is 0.434 e. The monoisotopic (exact) mass is 513 g/mol. The maximum atomic E-state index is 13.4. The Balaban J connectivity index is 1.71. The Morgan fingerprint density at radius 1 is 0.933 bits per heavy atom. The van der Waals surface area contributed by atoms with Crippen molar-refractivity contribution in [2.45, 2.75) is 19.1 Å². The second-order valence-electron chi connectivity index (χ2n) is 6.21. The van der Waals surface area contributed by atoms with E-state index in [9.17, 15) is 13.2 Å². The van der Waals surface area contributed by atoms with E-state index in [0.29, 0.717) is 23.0 Å². The summed E-state index contributed by atoms with van der Waals surface area (Å²) < 4.78 is 40.3. The Kier molecular flexibility index (Phi) is 7.76. The van der Waals surface area contributed by atoms with Crippen LogP contribution in [0.15, 0.2) is 36.4 Å². The number of hydrogen-bond acceptors (Lipinski definition) is 4. The molecule has 0 spiro atoms. The van der Waals surface area contributed by atoms with Gasteiger partial charge in [0.15, 0.2) is 10.8 Å². The maximum absolute atomic E-state index is 13.4. The topological polar surface area (TPSA) is 37.0 Å². The summed E-state index contributed by atoms with van der Waals surface area (Å²) in [5.74, 6) is 0. The first kappa shape index (κ1) is 23.4. The third-order valence-corrected chi connectivity index (χ3v) is 6.03. The Bertz CT molecular complexity index is 1000. The lowest BCUT2D eigenvalue weighted by molar-refractivity contribution is -0.141. The molecule has 2 N–H and O–H groups in total. The smallest absolute Gasteiger partial charge is 0.329 e. The molecule has 3 aromatic rings. The lowest BCUT2D eigenvalue weighted by atomic mass is 10.1. The standard InChI is InChI=1S/C19H14Cl4F3N3S/c20-11-3-1-10(2-4-11)5-6-27-9-15-17(19(24,25)26)29-18(30-15)28-16-13(22)7-12(21)8-14(16)23/h1-4,7-8,27H,5-6,9H2,(H,28,29). The summed E-state index contributed by atoms with van der Waals surface area (Å²) in [5.41, 5.74) is 0.323. The molecular formula is C19H14Cl4F3N3S. The van der Waals surface area contributed by atoms with E-state index in [-0.39, 0.29) is 32.3 Å². The molecule has 0 atom stereocenters. The first-order valence-corrected chi connectivity index (χ1v) is 10.9. The number of rotatable bonds is 7. The summed E-state index contributed by atoms with van der Waals surface area (Å²) in [5, 5.41) is 7.13. The van der Waals surface area contributed by atoms with Gasteiger partial charge in [-0.15, -0.1) is 0 Å². The molecule has 1 heterocycles. The third-order valence-electron chi connectivity index (χ3n) is 3.99. The summed E-state index contributed by atoms with van der Waals surface area (Å²) in [6, 6.07) is 10.2. The van der Waals surface area contributed by atoms with Gasteiger partial charge in [0.1, 0.15) is 0 Å². The van der Waals surface area contributed by atoms with Crippen molar-refractivity contribution < 1.29 is 13.2 Å². The molecule has 3 rings (SSSR count). The molecular weight excluding hydrogens is 501 g/mol. The summed E-state index contributed by atoms with van der Waals surface area (Å²) in [7, 11) is 0. The Hall–Kier alpha value is -1.22. The molecule has 0 amide bonds. The van der Waals surface area contributed by atoms with Crippen LogP contribution >= 0.6 is 57.7 Å². The second kappa shape index (κ2) is 9.94. The van der Waals surface area contributed by atoms with Crippen molar-refractivity contribution in [3.63, 3.8) is 0 Å². The Labute approximate surface area is 195 Å². The number of anilines is 2. The zero-order valence-corrected chi connectivity index (χ0v) is 18.9. The fraction of sp³-hybridized carbons (Fsp3) is 0.211. The Morgan fingerprint density at radius 3 is 2.17 bits per heavy atom. The van der Waals surface area contributed by atoms with E-state index in [4.69, 9.17) is 46.4 Å². The predicted octanol–water partition coefficient (Wildman–Crippen LogP) is 7.85. The number of thiazole rings is 1. The summed E-state index contributed by atoms with van der Waals surface area (Å²) in [6.07, 6.45) is -3.93. The average molecular weight is 515 g/mol. The molecule has 30 heavy (non-hydrogen) atoms. The van der Waals surface area contributed by atoms with Crippen molar-refractivity contribution in [2.24, 2.45) is 0 Å². The van der Waals surface area contributed by atoms with Crippen LogP contribution in [-0.2, 0) is 19.1 Å². The van der Waals surface area contributed by atoms with Gasteiger partial charge < -0.3 is 10.6 Å². The van der Waals surface area contributed by atoms with E-state index in [2.05, 4.69) is 15.6 Å². The number of aromatic nitrogens is 1. The molecule has 2 aromatic carbocycles. The minimum atomic E-state index is -4.59. The first-order valence-electron chi connectivity index (χ1n) is 8.57. The molecule has 0 aliphatic rings. The quantitative estimate of drug-likeness (QED) is 0.315. The van der Waals surface area contributed by atoms with Gasteiger partial charge in [-0.1, -0.05) is 69.9 Å². The van der Waals surface area contributed by atoms with Crippen molar-refractivity contribution in [2.75, 3.05) is 11.9 Å². The second-order valence-corrected chi connectivity index (χ2v) is 8.98. The highest BCUT2D eigenvalue weighted by atomic mass is 35.5. The Morgan fingerprint density at radius 2 is 1.57 bits per heavy atom. The van der Waals surface area contributed by atoms with Crippen molar-refractivity contribution in [3.05, 3.63) is 72.6 Å². The molecule has 0 saturated heterocycles.